The van der Waals surface area contributed by atoms with E-state index in [2.05, 4.69) is 50.4 Å². The second kappa shape index (κ2) is 8.29. The molecule has 6 nitrogen and oxygen atoms in total. The van der Waals surface area contributed by atoms with E-state index in [1.165, 1.54) is 28.3 Å². The molecular formula is C20H33N3O3S. The second-order valence-corrected chi connectivity index (χ2v) is 10.7. The second-order valence-electron chi connectivity index (χ2n) is 8.59. The van der Waals surface area contributed by atoms with Gasteiger partial charge in [0.1, 0.15) is 0 Å². The molecule has 1 fully saturated rings. The first-order valence-corrected chi connectivity index (χ1v) is 10.9. The Balaban J connectivity index is 2.01. The van der Waals surface area contributed by atoms with E-state index in [9.17, 15) is 13.2 Å². The summed E-state index contributed by atoms with van der Waals surface area (Å²) in [5, 5.41) is 3.05. The topological polar surface area (TPSA) is 69.7 Å². The lowest BCUT2D eigenvalue weighted by Crippen LogP contribution is -2.49. The molecule has 0 unspecified atom stereocenters. The zero-order valence-corrected chi connectivity index (χ0v) is 18.1. The van der Waals surface area contributed by atoms with Gasteiger partial charge in [-0.25, -0.2) is 0 Å². The number of carbonyl (C=O) groups is 1. The minimum atomic E-state index is -3.48. The van der Waals surface area contributed by atoms with Gasteiger partial charge in [-0.05, 0) is 36.3 Å². The lowest BCUT2D eigenvalue weighted by atomic mass is 9.86. The summed E-state index contributed by atoms with van der Waals surface area (Å²) >= 11 is 0. The highest BCUT2D eigenvalue weighted by atomic mass is 32.2. The Morgan fingerprint density at radius 1 is 1.22 bits per heavy atom. The fraction of sp³-hybridized carbons (Fsp3) is 0.650. The lowest BCUT2D eigenvalue weighted by Gasteiger charge is -2.33. The normalized spacial score (nSPS) is 20.5. The Labute approximate surface area is 164 Å². The maximum Gasteiger partial charge on any atom is 0.281 e. The van der Waals surface area contributed by atoms with Crippen LogP contribution in [0.4, 0.5) is 0 Å². The van der Waals surface area contributed by atoms with Gasteiger partial charge in [0.2, 0.25) is 5.91 Å². The Morgan fingerprint density at radius 3 is 2.33 bits per heavy atom. The van der Waals surface area contributed by atoms with Crippen LogP contribution in [-0.4, -0.2) is 50.1 Å². The van der Waals surface area contributed by atoms with Crippen molar-refractivity contribution >= 4 is 16.1 Å². The molecule has 0 aliphatic carbocycles. The molecule has 0 bridgehead atoms. The van der Waals surface area contributed by atoms with Crippen LogP contribution in [0.15, 0.2) is 24.3 Å². The summed E-state index contributed by atoms with van der Waals surface area (Å²) < 4.78 is 27.3. The summed E-state index contributed by atoms with van der Waals surface area (Å²) in [5.74, 6) is -0.397. The smallest absolute Gasteiger partial charge is 0.281 e. The molecule has 1 amide bonds. The summed E-state index contributed by atoms with van der Waals surface area (Å²) in [5.41, 5.74) is 2.39. The molecule has 0 spiro atoms. The van der Waals surface area contributed by atoms with Crippen molar-refractivity contribution in [2.24, 2.45) is 5.92 Å². The van der Waals surface area contributed by atoms with Crippen LogP contribution in [0.5, 0.6) is 0 Å². The number of nitrogens with one attached hydrogen (secondary N) is 1. The fourth-order valence-electron chi connectivity index (χ4n) is 3.28. The minimum Gasteiger partial charge on any atom is -0.349 e. The van der Waals surface area contributed by atoms with Gasteiger partial charge in [0.25, 0.3) is 10.2 Å². The maximum atomic E-state index is 12.7. The minimum absolute atomic E-state index is 0.0824. The van der Waals surface area contributed by atoms with Crippen molar-refractivity contribution in [1.82, 2.24) is 13.9 Å². The molecule has 1 saturated heterocycles. The molecule has 1 aliphatic rings. The molecule has 1 N–H and O–H groups in total. The molecule has 1 aromatic rings. The van der Waals surface area contributed by atoms with E-state index in [-0.39, 0.29) is 29.8 Å². The largest absolute Gasteiger partial charge is 0.349 e. The number of hydrogen-bond acceptors (Lipinski definition) is 3. The number of carbonyl (C=O) groups excluding carboxylic acids is 1. The first-order valence-electron chi connectivity index (χ1n) is 9.51. The van der Waals surface area contributed by atoms with Gasteiger partial charge in [-0.2, -0.15) is 17.0 Å². The van der Waals surface area contributed by atoms with Crippen molar-refractivity contribution in [3.8, 4) is 0 Å². The molecule has 1 heterocycles. The quantitative estimate of drug-likeness (QED) is 0.833. The van der Waals surface area contributed by atoms with Gasteiger partial charge in [0.15, 0.2) is 0 Å². The Hall–Kier alpha value is -1.44. The van der Waals surface area contributed by atoms with E-state index in [4.69, 9.17) is 0 Å². The van der Waals surface area contributed by atoms with E-state index in [1.54, 1.807) is 0 Å². The van der Waals surface area contributed by atoms with Crippen LogP contribution in [0.25, 0.3) is 0 Å². The number of hydrogen-bond donors (Lipinski definition) is 1. The average molecular weight is 396 g/mol. The molecule has 2 atom stereocenters. The van der Waals surface area contributed by atoms with Crippen molar-refractivity contribution < 1.29 is 13.2 Å². The predicted octanol–water partition coefficient (Wildman–Crippen LogP) is 2.68. The standard InChI is InChI=1S/C20H33N3O3S/c1-15(16-9-11-18(12-10-16)20(2,3)4)21-19(24)17-8-7-13-23(14-17)27(25,26)22(5)6/h9-12,15,17H,7-8,13-14H2,1-6H3,(H,21,24)/t15-,17+/m0/s1. The van der Waals surface area contributed by atoms with Gasteiger partial charge in [-0.15, -0.1) is 0 Å². The van der Waals surface area contributed by atoms with Crippen LogP contribution in [0.3, 0.4) is 0 Å². The van der Waals surface area contributed by atoms with Gasteiger partial charge < -0.3 is 5.32 Å². The van der Waals surface area contributed by atoms with Crippen LogP contribution in [-0.2, 0) is 20.4 Å². The highest BCUT2D eigenvalue weighted by Gasteiger charge is 2.33. The van der Waals surface area contributed by atoms with Gasteiger partial charge in [0, 0.05) is 27.2 Å². The van der Waals surface area contributed by atoms with E-state index in [0.29, 0.717) is 19.4 Å². The number of nitrogens with zero attached hydrogens (tertiary/aromatic N) is 2. The first-order chi connectivity index (χ1) is 12.4. The van der Waals surface area contributed by atoms with Gasteiger partial charge in [0.05, 0.1) is 12.0 Å². The van der Waals surface area contributed by atoms with E-state index in [0.717, 1.165) is 5.56 Å². The molecule has 0 radical (unpaired) electrons. The van der Waals surface area contributed by atoms with Crippen LogP contribution < -0.4 is 5.32 Å². The van der Waals surface area contributed by atoms with Crippen molar-refractivity contribution in [2.75, 3.05) is 27.2 Å². The average Bonchev–Trinajstić information content (AvgIpc) is 2.61. The Kier molecular flexibility index (Phi) is 6.71. The number of amides is 1. The zero-order chi connectivity index (χ0) is 20.4. The summed E-state index contributed by atoms with van der Waals surface area (Å²) in [7, 11) is -0.447. The van der Waals surface area contributed by atoms with Crippen molar-refractivity contribution in [3.05, 3.63) is 35.4 Å². The fourth-order valence-corrected chi connectivity index (χ4v) is 4.47. The SMILES string of the molecule is C[C@H](NC(=O)[C@@H]1CCCN(S(=O)(=O)N(C)C)C1)c1ccc(C(C)(C)C)cc1. The molecule has 1 aromatic carbocycles. The summed E-state index contributed by atoms with van der Waals surface area (Å²) in [6.45, 7) is 9.18. The van der Waals surface area contributed by atoms with Crippen molar-refractivity contribution in [3.63, 3.8) is 0 Å². The van der Waals surface area contributed by atoms with E-state index < -0.39 is 10.2 Å². The van der Waals surface area contributed by atoms with Crippen LogP contribution >= 0.6 is 0 Å². The number of benzene rings is 1. The maximum absolute atomic E-state index is 12.7. The molecule has 152 valence electrons. The summed E-state index contributed by atoms with van der Waals surface area (Å²) in [6, 6.07) is 8.19. The molecule has 0 aromatic heterocycles. The van der Waals surface area contributed by atoms with Gasteiger partial charge in [-0.3, -0.25) is 4.79 Å². The van der Waals surface area contributed by atoms with E-state index in [1.807, 2.05) is 6.92 Å². The van der Waals surface area contributed by atoms with Crippen LogP contribution in [0, 0.1) is 5.92 Å². The van der Waals surface area contributed by atoms with Crippen LogP contribution in [0.1, 0.15) is 57.7 Å². The Bertz CT molecular complexity index is 752. The van der Waals surface area contributed by atoms with E-state index >= 15 is 0 Å². The van der Waals surface area contributed by atoms with Crippen LogP contribution in [0.2, 0.25) is 0 Å². The summed E-state index contributed by atoms with van der Waals surface area (Å²) in [6.07, 6.45) is 1.40. The molecule has 1 aliphatic heterocycles. The molecule has 7 heteroatoms. The predicted molar refractivity (Wildman–Crippen MR) is 109 cm³/mol. The third kappa shape index (κ3) is 5.30. The highest BCUT2D eigenvalue weighted by molar-refractivity contribution is 7.86. The molecule has 0 saturated carbocycles. The van der Waals surface area contributed by atoms with Gasteiger partial charge >= 0.3 is 0 Å². The third-order valence-electron chi connectivity index (χ3n) is 5.18. The molecular weight excluding hydrogens is 362 g/mol. The van der Waals surface area contributed by atoms with Crippen molar-refractivity contribution in [2.45, 2.75) is 52.0 Å². The number of rotatable bonds is 5. The monoisotopic (exact) mass is 395 g/mol. The molecule has 27 heavy (non-hydrogen) atoms. The summed E-state index contributed by atoms with van der Waals surface area (Å²) in [4.78, 5) is 12.7. The van der Waals surface area contributed by atoms with Gasteiger partial charge in [-0.1, -0.05) is 45.0 Å². The first kappa shape index (κ1) is 21.9. The molecule has 2 rings (SSSR count). The number of piperidine rings is 1. The third-order valence-corrected chi connectivity index (χ3v) is 7.09. The van der Waals surface area contributed by atoms with Crippen molar-refractivity contribution in [1.29, 1.82) is 0 Å². The zero-order valence-electron chi connectivity index (χ0n) is 17.3. The Morgan fingerprint density at radius 2 is 1.81 bits per heavy atom. The lowest BCUT2D eigenvalue weighted by molar-refractivity contribution is -0.126. The highest BCUT2D eigenvalue weighted by Crippen LogP contribution is 2.25.